The van der Waals surface area contributed by atoms with Gasteiger partial charge in [0.2, 0.25) is 5.82 Å². The summed E-state index contributed by atoms with van der Waals surface area (Å²) < 4.78 is 18.5. The summed E-state index contributed by atoms with van der Waals surface area (Å²) in [5.74, 6) is -1.35. The molecule has 2 heterocycles. The van der Waals surface area contributed by atoms with Crippen molar-refractivity contribution in [3.05, 3.63) is 80.5 Å². The molecule has 0 spiro atoms. The van der Waals surface area contributed by atoms with Gasteiger partial charge in [-0.05, 0) is 23.3 Å². The van der Waals surface area contributed by atoms with Crippen molar-refractivity contribution in [2.24, 2.45) is 0 Å². The number of esters is 1. The molecule has 0 aliphatic carbocycles. The summed E-state index contributed by atoms with van der Waals surface area (Å²) in [5.41, 5.74) is 1.38. The third-order valence-corrected chi connectivity index (χ3v) is 4.02. The first kappa shape index (κ1) is 17.8. The van der Waals surface area contributed by atoms with Gasteiger partial charge in [-0.15, -0.1) is 0 Å². The predicted molar refractivity (Wildman–Crippen MR) is 90.6 cm³/mol. The zero-order valence-electron chi connectivity index (χ0n) is 13.4. The average molecular weight is 378 g/mol. The Kier molecular flexibility index (Phi) is 5.13. The van der Waals surface area contributed by atoms with Crippen LogP contribution in [0.1, 0.15) is 11.1 Å². The number of nitro benzene ring substituents is 1. The first-order valence-corrected chi connectivity index (χ1v) is 7.95. The van der Waals surface area contributed by atoms with Crippen LogP contribution in [0.15, 0.2) is 48.3 Å². The predicted octanol–water partition coefficient (Wildman–Crippen LogP) is 3.23. The van der Waals surface area contributed by atoms with Gasteiger partial charge < -0.3 is 9.64 Å². The summed E-state index contributed by atoms with van der Waals surface area (Å²) in [6.07, 6.45) is 2.96. The summed E-state index contributed by atoms with van der Waals surface area (Å²) in [6, 6.07) is 7.13. The molecule has 134 valence electrons. The van der Waals surface area contributed by atoms with E-state index in [0.717, 1.165) is 11.6 Å². The van der Waals surface area contributed by atoms with Gasteiger partial charge >= 0.3 is 11.7 Å². The van der Waals surface area contributed by atoms with Crippen molar-refractivity contribution in [1.29, 1.82) is 0 Å². The summed E-state index contributed by atoms with van der Waals surface area (Å²) in [6.45, 7) is 0.702. The van der Waals surface area contributed by atoms with Crippen molar-refractivity contribution in [2.45, 2.75) is 13.1 Å². The number of aromatic nitrogens is 1. The first-order valence-electron chi connectivity index (χ1n) is 7.58. The molecule has 2 aromatic rings. The van der Waals surface area contributed by atoms with E-state index in [9.17, 15) is 19.3 Å². The quantitative estimate of drug-likeness (QED) is 0.332. The molecule has 0 atom stereocenters. The van der Waals surface area contributed by atoms with Gasteiger partial charge in [0.25, 0.3) is 0 Å². The van der Waals surface area contributed by atoms with Crippen LogP contribution in [-0.2, 0) is 22.6 Å². The second-order valence-corrected chi connectivity index (χ2v) is 6.02. The lowest BCUT2D eigenvalue weighted by molar-refractivity contribution is -0.387. The van der Waals surface area contributed by atoms with Crippen molar-refractivity contribution in [3.63, 3.8) is 0 Å². The van der Waals surface area contributed by atoms with E-state index in [0.29, 0.717) is 23.0 Å². The normalized spacial score (nSPS) is 13.3. The van der Waals surface area contributed by atoms with Gasteiger partial charge in [0.15, 0.2) is 0 Å². The zero-order valence-corrected chi connectivity index (χ0v) is 14.1. The molecule has 0 amide bonds. The van der Waals surface area contributed by atoms with E-state index in [1.54, 1.807) is 18.3 Å². The number of nitrogens with zero attached hydrogens (tertiary/aromatic N) is 3. The van der Waals surface area contributed by atoms with Gasteiger partial charge in [0.05, 0.1) is 10.6 Å². The second-order valence-electron chi connectivity index (χ2n) is 5.63. The molecule has 0 fully saturated rings. The fourth-order valence-electron chi connectivity index (χ4n) is 2.54. The maximum Gasteiger partial charge on any atom is 0.333 e. The minimum absolute atomic E-state index is 0.100. The number of hydrogen-bond donors (Lipinski definition) is 0. The van der Waals surface area contributed by atoms with E-state index in [-0.39, 0.29) is 13.2 Å². The smallest absolute Gasteiger partial charge is 0.333 e. The third-order valence-electron chi connectivity index (χ3n) is 3.80. The van der Waals surface area contributed by atoms with Gasteiger partial charge in [0, 0.05) is 31.4 Å². The molecule has 0 N–H and O–H groups in total. The Morgan fingerprint density at radius 1 is 1.27 bits per heavy atom. The van der Waals surface area contributed by atoms with Gasteiger partial charge in [0.1, 0.15) is 11.8 Å². The standard InChI is InChI=1S/C17H13ClFN3O4/c18-16-4-2-12(7-20-16)9-21(13-6-17(23)26-10-13)8-11-1-3-14(19)15(5-11)22(24)25/h1-7H,8-10H2. The topological polar surface area (TPSA) is 85.6 Å². The summed E-state index contributed by atoms with van der Waals surface area (Å²) >= 11 is 5.79. The molecule has 1 aromatic carbocycles. The van der Waals surface area contributed by atoms with Crippen molar-refractivity contribution in [1.82, 2.24) is 9.88 Å². The molecule has 1 aliphatic rings. The highest BCUT2D eigenvalue weighted by atomic mass is 35.5. The van der Waals surface area contributed by atoms with Crippen molar-refractivity contribution < 1.29 is 18.8 Å². The Bertz CT molecular complexity index is 886. The highest BCUT2D eigenvalue weighted by Gasteiger charge is 2.21. The van der Waals surface area contributed by atoms with Crippen LogP contribution in [0.25, 0.3) is 0 Å². The van der Waals surface area contributed by atoms with E-state index in [1.165, 1.54) is 18.2 Å². The molecule has 3 rings (SSSR count). The zero-order chi connectivity index (χ0) is 18.7. The Labute approximate surface area is 152 Å². The van der Waals surface area contributed by atoms with Crippen molar-refractivity contribution in [3.8, 4) is 0 Å². The minimum Gasteiger partial charge on any atom is -0.456 e. The van der Waals surface area contributed by atoms with Crippen LogP contribution in [0.3, 0.4) is 0 Å². The van der Waals surface area contributed by atoms with Crippen LogP contribution in [-0.4, -0.2) is 27.4 Å². The van der Waals surface area contributed by atoms with Gasteiger partial charge in [-0.1, -0.05) is 23.7 Å². The molecule has 26 heavy (non-hydrogen) atoms. The Morgan fingerprint density at radius 2 is 2.00 bits per heavy atom. The molecule has 7 nitrogen and oxygen atoms in total. The second kappa shape index (κ2) is 7.49. The molecule has 1 aromatic heterocycles. The van der Waals surface area contributed by atoms with Gasteiger partial charge in [-0.3, -0.25) is 10.1 Å². The van der Waals surface area contributed by atoms with Crippen LogP contribution in [0.5, 0.6) is 0 Å². The number of rotatable bonds is 6. The van der Waals surface area contributed by atoms with Crippen LogP contribution in [0.4, 0.5) is 10.1 Å². The van der Waals surface area contributed by atoms with E-state index >= 15 is 0 Å². The minimum atomic E-state index is -0.897. The fraction of sp³-hybridized carbons (Fsp3) is 0.176. The molecule has 0 saturated carbocycles. The van der Waals surface area contributed by atoms with Gasteiger partial charge in [-0.25, -0.2) is 9.78 Å². The van der Waals surface area contributed by atoms with Crippen molar-refractivity contribution >= 4 is 23.3 Å². The number of pyridine rings is 1. The summed E-state index contributed by atoms with van der Waals surface area (Å²) in [5, 5.41) is 11.3. The van der Waals surface area contributed by atoms with Crippen LogP contribution < -0.4 is 0 Å². The SMILES string of the molecule is O=C1C=C(N(Cc2ccc(Cl)nc2)Cc2ccc(F)c([N+](=O)[O-])c2)CO1. The lowest BCUT2D eigenvalue weighted by Crippen LogP contribution is -2.23. The molecular weight excluding hydrogens is 365 g/mol. The number of hydrogen-bond acceptors (Lipinski definition) is 6. The number of carbonyl (C=O) groups is 1. The number of carbonyl (C=O) groups excluding carboxylic acids is 1. The number of benzene rings is 1. The molecule has 0 radical (unpaired) electrons. The number of nitro groups is 1. The van der Waals surface area contributed by atoms with Crippen LogP contribution in [0.2, 0.25) is 5.15 Å². The van der Waals surface area contributed by atoms with E-state index < -0.39 is 22.4 Å². The number of halogens is 2. The van der Waals surface area contributed by atoms with E-state index in [4.69, 9.17) is 16.3 Å². The highest BCUT2D eigenvalue weighted by molar-refractivity contribution is 6.29. The van der Waals surface area contributed by atoms with E-state index in [2.05, 4.69) is 4.98 Å². The lowest BCUT2D eigenvalue weighted by Gasteiger charge is -2.25. The third kappa shape index (κ3) is 4.15. The monoisotopic (exact) mass is 377 g/mol. The fourth-order valence-corrected chi connectivity index (χ4v) is 2.66. The van der Waals surface area contributed by atoms with Gasteiger partial charge in [-0.2, -0.15) is 4.39 Å². The molecule has 0 saturated heterocycles. The molecule has 1 aliphatic heterocycles. The van der Waals surface area contributed by atoms with Crippen molar-refractivity contribution in [2.75, 3.05) is 6.61 Å². The average Bonchev–Trinajstić information content (AvgIpc) is 3.04. The maximum atomic E-state index is 13.5. The number of cyclic esters (lactones) is 1. The Balaban J connectivity index is 1.87. The molecule has 0 bridgehead atoms. The Morgan fingerprint density at radius 3 is 2.62 bits per heavy atom. The molecule has 9 heteroatoms. The van der Waals surface area contributed by atoms with E-state index in [1.807, 2.05) is 4.90 Å². The lowest BCUT2D eigenvalue weighted by atomic mass is 10.1. The molecular formula is C17H13ClFN3O4. The van der Waals surface area contributed by atoms with Crippen LogP contribution >= 0.6 is 11.6 Å². The summed E-state index contributed by atoms with van der Waals surface area (Å²) in [4.78, 5) is 27.4. The van der Waals surface area contributed by atoms with Crippen LogP contribution in [0, 0.1) is 15.9 Å². The first-order chi connectivity index (χ1) is 12.4. The maximum absolute atomic E-state index is 13.5. The molecule has 0 unspecified atom stereocenters. The Hall–Kier alpha value is -3.00. The highest BCUT2D eigenvalue weighted by Crippen LogP contribution is 2.23. The number of ether oxygens (including phenoxy) is 1. The largest absolute Gasteiger partial charge is 0.456 e. The summed E-state index contributed by atoms with van der Waals surface area (Å²) in [7, 11) is 0.